The van der Waals surface area contributed by atoms with Gasteiger partial charge in [-0.05, 0) is 84.1 Å². The molecule has 254 valence electrons. The summed E-state index contributed by atoms with van der Waals surface area (Å²) in [6.45, 7) is 8.29. The van der Waals surface area contributed by atoms with E-state index in [9.17, 15) is 24.0 Å². The molecule has 3 fully saturated rings. The number of ether oxygens (including phenoxy) is 1. The van der Waals surface area contributed by atoms with Gasteiger partial charge in [0.1, 0.15) is 17.7 Å². The van der Waals surface area contributed by atoms with Crippen molar-refractivity contribution in [3.05, 3.63) is 36.0 Å². The molecule has 0 spiro atoms. The molecule has 3 amide bonds. The van der Waals surface area contributed by atoms with E-state index in [1.165, 1.54) is 0 Å². The predicted molar refractivity (Wildman–Crippen MR) is 175 cm³/mol. The highest BCUT2D eigenvalue weighted by atomic mass is 16.6. The van der Waals surface area contributed by atoms with Gasteiger partial charge in [-0.15, -0.1) is 0 Å². The maximum atomic E-state index is 13.8. The Morgan fingerprint density at radius 1 is 1.02 bits per heavy atom. The van der Waals surface area contributed by atoms with E-state index in [2.05, 4.69) is 25.6 Å². The van der Waals surface area contributed by atoms with Crippen molar-refractivity contribution < 1.29 is 33.5 Å². The van der Waals surface area contributed by atoms with Crippen LogP contribution in [0.15, 0.2) is 30.5 Å². The standard InChI is InChI=1S/C34H47N7O6/c1-33(2,3)47-31(45)26(12-11-24(42)21-37-35)39-30(44)27(20-23-22-40(4)28-9-6-5-8-25(23)28)38-29(43)10-7-16-36-32(46)34-13-17-41(18-14-34)19-15-34/h5-6,8-9,21-22,26-27,35H,7,10-20H2,1-4H3,(H2-,36,38,39,43,44,46)/p+1/t26-,27-/m0/s1. The average Bonchev–Trinajstić information content (AvgIpc) is 3.35. The number of hydrogen-bond acceptors (Lipinski definition) is 8. The quantitative estimate of drug-likeness (QED) is 0.0750. The number of rotatable bonds is 15. The van der Waals surface area contributed by atoms with Crippen LogP contribution in [-0.2, 0) is 42.2 Å². The number of Topliss-reactive ketones (excluding diaryl/α,β-unsaturated/α-hetero) is 1. The summed E-state index contributed by atoms with van der Waals surface area (Å²) in [6, 6.07) is 5.53. The molecule has 4 heterocycles. The lowest BCUT2D eigenvalue weighted by Crippen LogP contribution is -2.55. The van der Waals surface area contributed by atoms with Crippen molar-refractivity contribution in [3.8, 4) is 0 Å². The number of hydrogen-bond donors (Lipinski definition) is 4. The smallest absolute Gasteiger partial charge is 0.372 e. The number of benzene rings is 1. The van der Waals surface area contributed by atoms with E-state index in [0.29, 0.717) is 13.0 Å². The van der Waals surface area contributed by atoms with Gasteiger partial charge in [0.15, 0.2) is 0 Å². The third kappa shape index (κ3) is 9.59. The first-order chi connectivity index (χ1) is 22.3. The zero-order valence-corrected chi connectivity index (χ0v) is 27.9. The van der Waals surface area contributed by atoms with Crippen LogP contribution in [0, 0.1) is 10.9 Å². The van der Waals surface area contributed by atoms with E-state index in [-0.39, 0.29) is 42.9 Å². The fourth-order valence-corrected chi connectivity index (χ4v) is 6.41. The van der Waals surface area contributed by atoms with Crippen molar-refractivity contribution in [2.75, 3.05) is 26.2 Å². The van der Waals surface area contributed by atoms with E-state index >= 15 is 0 Å². The fraction of sp³-hybridized carbons (Fsp3) is 0.588. The molecular formula is C34H48N7O6+. The number of carbonyl (C=O) groups excluding carboxylic acids is 5. The van der Waals surface area contributed by atoms with Gasteiger partial charge in [0.05, 0.1) is 15.7 Å². The largest absolute Gasteiger partial charge is 0.458 e. The lowest BCUT2D eigenvalue weighted by Gasteiger charge is -2.47. The van der Waals surface area contributed by atoms with Crippen LogP contribution in [-0.4, -0.2) is 93.8 Å². The Labute approximate surface area is 275 Å². The van der Waals surface area contributed by atoms with Crippen LogP contribution in [0.1, 0.15) is 71.3 Å². The molecule has 1 aromatic carbocycles. The highest BCUT2D eigenvalue weighted by Gasteiger charge is 2.44. The van der Waals surface area contributed by atoms with Crippen molar-refractivity contribution in [1.82, 2.24) is 25.4 Å². The minimum atomic E-state index is -1.17. The van der Waals surface area contributed by atoms with Crippen molar-refractivity contribution in [2.45, 2.75) is 89.8 Å². The number of nitrogens with one attached hydrogen (secondary N) is 4. The molecule has 1 aromatic heterocycles. The molecule has 3 saturated heterocycles. The summed E-state index contributed by atoms with van der Waals surface area (Å²) in [5.74, 6) is -2.08. The molecule has 3 aliphatic heterocycles. The molecule has 0 unspecified atom stereocenters. The molecule has 5 rings (SSSR count). The first kappa shape index (κ1) is 35.5. The Balaban J connectivity index is 1.44. The molecule has 0 radical (unpaired) electrons. The minimum Gasteiger partial charge on any atom is -0.458 e. The lowest BCUT2D eigenvalue weighted by molar-refractivity contribution is -0.159. The molecule has 2 aromatic rings. The van der Waals surface area contributed by atoms with Gasteiger partial charge in [0.2, 0.25) is 23.5 Å². The number of fused-ring (bicyclic) bond motifs is 4. The Bertz CT molecular complexity index is 1520. The summed E-state index contributed by atoms with van der Waals surface area (Å²) < 4.78 is 7.46. The molecular weight excluding hydrogens is 602 g/mol. The Kier molecular flexibility index (Phi) is 11.7. The zero-order chi connectivity index (χ0) is 34.2. The topological polar surface area (TPSA) is 177 Å². The maximum Gasteiger partial charge on any atom is 0.372 e. The molecule has 0 aliphatic carbocycles. The highest BCUT2D eigenvalue weighted by molar-refractivity contribution is 6.25. The monoisotopic (exact) mass is 650 g/mol. The summed E-state index contributed by atoms with van der Waals surface area (Å²) in [5.41, 5.74) is 7.55. The molecule has 47 heavy (non-hydrogen) atoms. The Morgan fingerprint density at radius 3 is 2.36 bits per heavy atom. The SMILES string of the molecule is Cn1cc(C[C@H](NC(=O)CCCNC(=O)C23CCN(CC2)CC3)C(=O)N[C@@H](CCC(=O)C=[N+]=N)C(=O)OC(C)(C)C)c2ccccc21. The molecule has 2 bridgehead atoms. The number of esters is 1. The minimum absolute atomic E-state index is 0.0612. The van der Waals surface area contributed by atoms with Gasteiger partial charge < -0.3 is 30.2 Å². The van der Waals surface area contributed by atoms with Crippen molar-refractivity contribution in [2.24, 2.45) is 12.5 Å². The van der Waals surface area contributed by atoms with E-state index in [4.69, 9.17) is 10.3 Å². The number of aromatic nitrogens is 1. The van der Waals surface area contributed by atoms with Crippen LogP contribution in [0.4, 0.5) is 0 Å². The van der Waals surface area contributed by atoms with Crippen LogP contribution >= 0.6 is 0 Å². The van der Waals surface area contributed by atoms with Crippen molar-refractivity contribution in [1.29, 1.82) is 5.53 Å². The summed E-state index contributed by atoms with van der Waals surface area (Å²) in [4.78, 5) is 70.5. The van der Waals surface area contributed by atoms with Gasteiger partial charge in [-0.1, -0.05) is 18.2 Å². The van der Waals surface area contributed by atoms with Gasteiger partial charge in [-0.2, -0.15) is 0 Å². The van der Waals surface area contributed by atoms with Crippen LogP contribution in [0.3, 0.4) is 0 Å². The maximum absolute atomic E-state index is 13.8. The molecule has 13 heteroatoms. The second-order valence-electron chi connectivity index (χ2n) is 13.7. The molecule has 3 aliphatic rings. The molecule has 4 N–H and O–H groups in total. The van der Waals surface area contributed by atoms with E-state index in [0.717, 1.165) is 61.6 Å². The summed E-state index contributed by atoms with van der Waals surface area (Å²) >= 11 is 0. The Morgan fingerprint density at radius 2 is 1.70 bits per heavy atom. The fourth-order valence-electron chi connectivity index (χ4n) is 6.41. The number of para-hydroxylation sites is 1. The summed E-state index contributed by atoms with van der Waals surface area (Å²) in [7, 11) is 1.90. The normalized spacial score (nSPS) is 20.0. The van der Waals surface area contributed by atoms with Gasteiger partial charge in [0, 0.05) is 50.0 Å². The second kappa shape index (κ2) is 15.5. The first-order valence-corrected chi connectivity index (χ1v) is 16.4. The average molecular weight is 651 g/mol. The summed E-state index contributed by atoms with van der Waals surface area (Å²) in [5, 5.41) is 9.53. The Hall–Kier alpha value is -4.35. The summed E-state index contributed by atoms with van der Waals surface area (Å²) in [6.07, 6.45) is 5.78. The number of carbonyl (C=O) groups is 5. The van der Waals surface area contributed by atoms with Gasteiger partial charge in [-0.25, -0.2) is 4.79 Å². The lowest BCUT2D eigenvalue weighted by atomic mass is 9.71. The van der Waals surface area contributed by atoms with Gasteiger partial charge in [0.25, 0.3) is 0 Å². The van der Waals surface area contributed by atoms with Crippen LogP contribution < -0.4 is 16.0 Å². The predicted octanol–water partition coefficient (Wildman–Crippen LogP) is 2.07. The highest BCUT2D eigenvalue weighted by Crippen LogP contribution is 2.40. The second-order valence-corrected chi connectivity index (χ2v) is 13.7. The zero-order valence-electron chi connectivity index (χ0n) is 27.9. The van der Waals surface area contributed by atoms with Crippen LogP contribution in [0.25, 0.3) is 10.9 Å². The third-order valence-electron chi connectivity index (χ3n) is 9.02. The van der Waals surface area contributed by atoms with Gasteiger partial charge >= 0.3 is 12.2 Å². The molecule has 0 saturated carbocycles. The number of aryl methyl sites for hydroxylation is 1. The van der Waals surface area contributed by atoms with Crippen molar-refractivity contribution >= 4 is 46.6 Å². The van der Waals surface area contributed by atoms with E-state index in [1.54, 1.807) is 20.8 Å². The van der Waals surface area contributed by atoms with E-state index < -0.39 is 35.3 Å². The third-order valence-corrected chi connectivity index (χ3v) is 9.02. The van der Waals surface area contributed by atoms with Crippen molar-refractivity contribution in [3.63, 3.8) is 0 Å². The molecule has 13 nitrogen and oxygen atoms in total. The van der Waals surface area contributed by atoms with Crippen LogP contribution in [0.5, 0.6) is 0 Å². The number of nitrogens with zero attached hydrogens (tertiary/aromatic N) is 3. The number of amides is 3. The first-order valence-electron chi connectivity index (χ1n) is 16.4. The molecule has 2 atom stereocenters. The van der Waals surface area contributed by atoms with Gasteiger partial charge in [-0.3, -0.25) is 19.2 Å². The van der Waals surface area contributed by atoms with Crippen LogP contribution in [0.2, 0.25) is 0 Å². The number of piperidine rings is 3. The number of ketones is 1. The van der Waals surface area contributed by atoms with E-state index in [1.807, 2.05) is 42.1 Å².